The topological polar surface area (TPSA) is 95.5 Å². The summed E-state index contributed by atoms with van der Waals surface area (Å²) in [5.41, 5.74) is 0.690. The Morgan fingerprint density at radius 3 is 2.48 bits per heavy atom. The molecule has 0 bridgehead atoms. The Kier molecular flexibility index (Phi) is 5.36. The average Bonchev–Trinajstić information content (AvgIpc) is 2.55. The van der Waals surface area contributed by atoms with Crippen molar-refractivity contribution in [3.05, 3.63) is 60.2 Å². The number of carbonyl (C=O) groups is 1. The first-order valence-corrected chi connectivity index (χ1v) is 8.32. The molecule has 0 amide bonds. The first-order chi connectivity index (χ1) is 10.9. The highest BCUT2D eigenvalue weighted by Gasteiger charge is 2.21. The normalized spacial score (nSPS) is 12.6. The Bertz CT molecular complexity index is 774. The summed E-state index contributed by atoms with van der Waals surface area (Å²) in [5, 5.41) is 11.3. The summed E-state index contributed by atoms with van der Waals surface area (Å²) in [6, 6.07) is 13.1. The minimum Gasteiger partial charge on any atom is -0.548 e. The van der Waals surface area contributed by atoms with Crippen molar-refractivity contribution in [2.24, 2.45) is 0 Å². The molecule has 0 aliphatic heterocycles. The summed E-state index contributed by atoms with van der Waals surface area (Å²) in [6.45, 7) is 0. The highest BCUT2D eigenvalue weighted by Crippen LogP contribution is 2.17. The maximum atomic E-state index is 12.3. The number of aliphatic carboxylic acids is 1. The molecule has 2 aromatic rings. The number of sulfonamides is 1. The lowest BCUT2D eigenvalue weighted by atomic mass is 10.1. The molecule has 1 atom stereocenters. The molecule has 7 heteroatoms. The fraction of sp³-hybridized carbons (Fsp3) is 0.188. The molecule has 1 N–H and O–H groups in total. The van der Waals surface area contributed by atoms with Gasteiger partial charge in [-0.2, -0.15) is 0 Å². The Hall–Kier alpha value is -2.38. The van der Waals surface area contributed by atoms with Crippen molar-refractivity contribution in [1.82, 2.24) is 4.72 Å². The summed E-state index contributed by atoms with van der Waals surface area (Å²) < 4.78 is 31.8. The zero-order valence-electron chi connectivity index (χ0n) is 12.4. The molecule has 0 radical (unpaired) electrons. The van der Waals surface area contributed by atoms with Crippen molar-refractivity contribution in [3.63, 3.8) is 0 Å². The summed E-state index contributed by atoms with van der Waals surface area (Å²) in [6.07, 6.45) is -0.00757. The second kappa shape index (κ2) is 7.26. The van der Waals surface area contributed by atoms with Gasteiger partial charge in [0.1, 0.15) is 5.75 Å². The number of hydrogen-bond acceptors (Lipinski definition) is 5. The first-order valence-electron chi connectivity index (χ1n) is 6.83. The number of rotatable bonds is 7. The maximum Gasteiger partial charge on any atom is 0.241 e. The molecule has 0 saturated heterocycles. The van der Waals surface area contributed by atoms with E-state index in [0.29, 0.717) is 11.3 Å². The SMILES string of the molecule is COc1cccc(S(=O)(=O)NC(Cc2ccccc2)C(=O)[O-])c1. The summed E-state index contributed by atoms with van der Waals surface area (Å²) in [4.78, 5) is 11.2. The molecule has 0 spiro atoms. The van der Waals surface area contributed by atoms with Crippen LogP contribution in [0.25, 0.3) is 0 Å². The van der Waals surface area contributed by atoms with Gasteiger partial charge in [-0.15, -0.1) is 0 Å². The highest BCUT2D eigenvalue weighted by atomic mass is 32.2. The van der Waals surface area contributed by atoms with Crippen LogP contribution in [0, 0.1) is 0 Å². The van der Waals surface area contributed by atoms with Crippen LogP contribution >= 0.6 is 0 Å². The number of benzene rings is 2. The Labute approximate surface area is 134 Å². The quantitative estimate of drug-likeness (QED) is 0.787. The Morgan fingerprint density at radius 2 is 1.87 bits per heavy atom. The van der Waals surface area contributed by atoms with Crippen LogP contribution in [0.1, 0.15) is 5.56 Å². The van der Waals surface area contributed by atoms with E-state index in [1.54, 1.807) is 36.4 Å². The average molecular weight is 334 g/mol. The van der Waals surface area contributed by atoms with Crippen molar-refractivity contribution in [2.75, 3.05) is 7.11 Å². The molecular weight excluding hydrogens is 318 g/mol. The largest absolute Gasteiger partial charge is 0.548 e. The molecule has 0 fully saturated rings. The molecule has 6 nitrogen and oxygen atoms in total. The van der Waals surface area contributed by atoms with Gasteiger partial charge in [0.2, 0.25) is 10.0 Å². The van der Waals surface area contributed by atoms with Crippen LogP contribution in [0.3, 0.4) is 0 Å². The van der Waals surface area contributed by atoms with Crippen LogP contribution in [0.4, 0.5) is 0 Å². The van der Waals surface area contributed by atoms with Crippen LogP contribution in [0.5, 0.6) is 5.75 Å². The van der Waals surface area contributed by atoms with Gasteiger partial charge in [-0.25, -0.2) is 13.1 Å². The third kappa shape index (κ3) is 4.54. The van der Waals surface area contributed by atoms with E-state index in [9.17, 15) is 18.3 Å². The van der Waals surface area contributed by atoms with Crippen molar-refractivity contribution < 1.29 is 23.1 Å². The monoisotopic (exact) mass is 334 g/mol. The maximum absolute atomic E-state index is 12.3. The molecule has 2 rings (SSSR count). The number of carboxylic acid groups (broad SMARTS) is 1. The lowest BCUT2D eigenvalue weighted by molar-refractivity contribution is -0.307. The van der Waals surface area contributed by atoms with Crippen LogP contribution in [0.15, 0.2) is 59.5 Å². The molecular formula is C16H16NO5S-. The number of carbonyl (C=O) groups excluding carboxylic acids is 1. The third-order valence-electron chi connectivity index (χ3n) is 3.22. The van der Waals surface area contributed by atoms with Crippen molar-refractivity contribution in [1.29, 1.82) is 0 Å². The van der Waals surface area contributed by atoms with Crippen LogP contribution in [-0.2, 0) is 21.2 Å². The molecule has 0 aliphatic carbocycles. The van der Waals surface area contributed by atoms with Gasteiger partial charge in [0.25, 0.3) is 0 Å². The van der Waals surface area contributed by atoms with Gasteiger partial charge in [0.15, 0.2) is 0 Å². The van der Waals surface area contributed by atoms with Crippen molar-refractivity contribution in [3.8, 4) is 5.75 Å². The summed E-state index contributed by atoms with van der Waals surface area (Å²) in [5.74, 6) is -1.12. The molecule has 1 unspecified atom stereocenters. The Balaban J connectivity index is 2.22. The van der Waals surface area contributed by atoms with Gasteiger partial charge >= 0.3 is 0 Å². The molecule has 23 heavy (non-hydrogen) atoms. The second-order valence-electron chi connectivity index (χ2n) is 4.86. The molecule has 0 aromatic heterocycles. The van der Waals surface area contributed by atoms with Crippen LogP contribution in [0.2, 0.25) is 0 Å². The smallest absolute Gasteiger partial charge is 0.241 e. The third-order valence-corrected chi connectivity index (χ3v) is 4.69. The number of nitrogens with one attached hydrogen (secondary N) is 1. The molecule has 0 saturated carbocycles. The van der Waals surface area contributed by atoms with Gasteiger partial charge in [0, 0.05) is 6.07 Å². The molecule has 2 aromatic carbocycles. The van der Waals surface area contributed by atoms with Crippen molar-refractivity contribution >= 4 is 16.0 Å². The number of hydrogen-bond donors (Lipinski definition) is 1. The predicted molar refractivity (Wildman–Crippen MR) is 82.3 cm³/mol. The predicted octanol–water partition coefficient (Wildman–Crippen LogP) is 0.335. The van der Waals surface area contributed by atoms with Crippen LogP contribution < -0.4 is 14.6 Å². The summed E-state index contributed by atoms with van der Waals surface area (Å²) >= 11 is 0. The number of methoxy groups -OCH3 is 1. The second-order valence-corrected chi connectivity index (χ2v) is 6.58. The van der Waals surface area contributed by atoms with E-state index in [-0.39, 0.29) is 11.3 Å². The van der Waals surface area contributed by atoms with E-state index < -0.39 is 22.0 Å². The molecule has 0 aliphatic rings. The molecule has 122 valence electrons. The Morgan fingerprint density at radius 1 is 1.17 bits per heavy atom. The van der Waals surface area contributed by atoms with Crippen LogP contribution in [-0.4, -0.2) is 27.5 Å². The van der Waals surface area contributed by atoms with E-state index in [4.69, 9.17) is 4.74 Å². The highest BCUT2D eigenvalue weighted by molar-refractivity contribution is 7.89. The zero-order chi connectivity index (χ0) is 16.9. The van der Waals surface area contributed by atoms with Gasteiger partial charge in [-0.1, -0.05) is 36.4 Å². The van der Waals surface area contributed by atoms with Gasteiger partial charge in [-0.05, 0) is 24.1 Å². The lowest BCUT2D eigenvalue weighted by Gasteiger charge is -2.20. The van der Waals surface area contributed by atoms with E-state index in [1.807, 2.05) is 0 Å². The number of ether oxygens (including phenoxy) is 1. The standard InChI is InChI=1S/C16H17NO5S/c1-22-13-8-5-9-14(11-13)23(20,21)17-15(16(18)19)10-12-6-3-2-4-7-12/h2-9,11,15,17H,10H2,1H3,(H,18,19)/p-1. The minimum absolute atomic E-state index is 0.00757. The van der Waals surface area contributed by atoms with Gasteiger partial charge < -0.3 is 14.6 Å². The fourth-order valence-electron chi connectivity index (χ4n) is 2.05. The molecule has 0 heterocycles. The minimum atomic E-state index is -4.01. The van der Waals surface area contributed by atoms with E-state index in [2.05, 4.69) is 4.72 Å². The van der Waals surface area contributed by atoms with Crippen molar-refractivity contribution in [2.45, 2.75) is 17.4 Å². The fourth-order valence-corrected chi connectivity index (χ4v) is 3.27. The van der Waals surface area contributed by atoms with Gasteiger partial charge in [0.05, 0.1) is 24.0 Å². The van der Waals surface area contributed by atoms with E-state index >= 15 is 0 Å². The van der Waals surface area contributed by atoms with E-state index in [0.717, 1.165) is 0 Å². The zero-order valence-corrected chi connectivity index (χ0v) is 13.2. The number of carboxylic acids is 1. The first kappa shape index (κ1) is 17.0. The van der Waals surface area contributed by atoms with E-state index in [1.165, 1.54) is 25.3 Å². The lowest BCUT2D eigenvalue weighted by Crippen LogP contribution is -2.49. The summed E-state index contributed by atoms with van der Waals surface area (Å²) in [7, 11) is -2.59. The van der Waals surface area contributed by atoms with Gasteiger partial charge in [-0.3, -0.25) is 0 Å².